The zero-order valence-corrected chi connectivity index (χ0v) is 12.1. The minimum atomic E-state index is 0.158. The van der Waals surface area contributed by atoms with Crippen LogP contribution in [0.1, 0.15) is 45.3 Å². The maximum absolute atomic E-state index is 5.39. The number of furan rings is 1. The molecule has 1 aromatic carbocycles. The maximum atomic E-state index is 5.39. The lowest BCUT2D eigenvalue weighted by Crippen LogP contribution is -2.28. The van der Waals surface area contributed by atoms with E-state index in [9.17, 15) is 0 Å². The molecular weight excluding hydrogens is 286 g/mol. The zero-order chi connectivity index (χ0) is 15.0. The van der Waals surface area contributed by atoms with Crippen molar-refractivity contribution in [1.82, 2.24) is 15.0 Å². The van der Waals surface area contributed by atoms with Crippen LogP contribution in [0.5, 0.6) is 0 Å². The first kappa shape index (κ1) is 11.5. The summed E-state index contributed by atoms with van der Waals surface area (Å²) >= 11 is 0. The van der Waals surface area contributed by atoms with Gasteiger partial charge in [-0.05, 0) is 40.5 Å². The van der Waals surface area contributed by atoms with Gasteiger partial charge in [-0.1, -0.05) is 0 Å². The molecule has 2 unspecified atom stereocenters. The van der Waals surface area contributed by atoms with Crippen molar-refractivity contribution in [1.29, 1.82) is 0 Å². The van der Waals surface area contributed by atoms with E-state index in [0.717, 1.165) is 16.5 Å². The van der Waals surface area contributed by atoms with Crippen LogP contribution in [-0.4, -0.2) is 15.0 Å². The quantitative estimate of drug-likeness (QED) is 0.430. The van der Waals surface area contributed by atoms with Crippen molar-refractivity contribution >= 4 is 10.8 Å². The lowest BCUT2D eigenvalue weighted by Gasteiger charge is -2.40. The van der Waals surface area contributed by atoms with Gasteiger partial charge < -0.3 is 4.42 Å². The Morgan fingerprint density at radius 3 is 2.43 bits per heavy atom. The second-order valence-electron chi connectivity index (χ2n) is 6.22. The van der Waals surface area contributed by atoms with Crippen molar-refractivity contribution in [2.45, 2.75) is 11.8 Å². The molecule has 7 rings (SSSR count). The summed E-state index contributed by atoms with van der Waals surface area (Å²) in [6.07, 6.45) is 11.1. The Balaban J connectivity index is 1.78. The molecule has 0 saturated heterocycles. The van der Waals surface area contributed by atoms with Crippen LogP contribution in [0, 0.1) is 0 Å². The third-order valence-electron chi connectivity index (χ3n) is 5.17. The van der Waals surface area contributed by atoms with E-state index < -0.39 is 0 Å². The van der Waals surface area contributed by atoms with Crippen LogP contribution in [0.4, 0.5) is 0 Å². The van der Waals surface area contributed by atoms with Crippen molar-refractivity contribution < 1.29 is 4.42 Å². The number of aromatic nitrogens is 3. The maximum Gasteiger partial charge on any atom is 0.115 e. The largest absolute Gasteiger partial charge is 0.471 e. The molecule has 3 heterocycles. The fourth-order valence-electron chi connectivity index (χ4n) is 4.25. The first-order valence-electron chi connectivity index (χ1n) is 7.65. The molecule has 0 saturated carbocycles. The summed E-state index contributed by atoms with van der Waals surface area (Å²) in [7, 11) is 0. The summed E-state index contributed by atoms with van der Waals surface area (Å²) in [6.45, 7) is 0. The van der Waals surface area contributed by atoms with Gasteiger partial charge in [-0.15, -0.1) is 0 Å². The summed E-state index contributed by atoms with van der Waals surface area (Å²) < 4.78 is 5.39. The molecule has 108 valence electrons. The minimum absolute atomic E-state index is 0.158. The van der Waals surface area contributed by atoms with E-state index in [0.29, 0.717) is 0 Å². The van der Waals surface area contributed by atoms with Gasteiger partial charge in [0, 0.05) is 40.8 Å². The zero-order valence-electron chi connectivity index (χ0n) is 12.1. The Morgan fingerprint density at radius 1 is 0.783 bits per heavy atom. The average molecular weight is 297 g/mol. The molecule has 2 bridgehead atoms. The van der Waals surface area contributed by atoms with Gasteiger partial charge in [-0.2, -0.15) is 0 Å². The lowest BCUT2D eigenvalue weighted by molar-refractivity contribution is 0.572. The van der Waals surface area contributed by atoms with Crippen molar-refractivity contribution in [2.75, 3.05) is 0 Å². The molecule has 0 aliphatic heterocycles. The standard InChI is InChI=1S/C19H11N3O/c1-2-20-5-15-12(1)18-14-4-11-8-23-7-10(11)3-13(14)17(15)16-6-21-9-22-19(16)18/h1-9,17-18H. The van der Waals surface area contributed by atoms with E-state index in [1.807, 2.05) is 31.1 Å². The van der Waals surface area contributed by atoms with Crippen LogP contribution in [0.25, 0.3) is 10.8 Å². The normalized spacial score (nSPS) is 20.2. The highest BCUT2D eigenvalue weighted by atomic mass is 16.3. The number of hydrogen-bond donors (Lipinski definition) is 0. The highest BCUT2D eigenvalue weighted by molar-refractivity contribution is 5.85. The monoisotopic (exact) mass is 297 g/mol. The van der Waals surface area contributed by atoms with Gasteiger partial charge in [0.05, 0.1) is 24.1 Å². The van der Waals surface area contributed by atoms with Crippen LogP contribution in [0.3, 0.4) is 0 Å². The fraction of sp³-hybridized carbons (Fsp3) is 0.105. The average Bonchev–Trinajstić information content (AvgIpc) is 3.06. The molecule has 3 aromatic heterocycles. The summed E-state index contributed by atoms with van der Waals surface area (Å²) in [5.41, 5.74) is 7.56. The van der Waals surface area contributed by atoms with Crippen molar-refractivity contribution in [2.24, 2.45) is 0 Å². The summed E-state index contributed by atoms with van der Waals surface area (Å²) in [5, 5.41) is 2.28. The SMILES string of the molecule is c1cc2c(cn1)C1c3cc4cocc4cc3C2c2ncncc21. The fourth-order valence-corrected chi connectivity index (χ4v) is 4.25. The van der Waals surface area contributed by atoms with Crippen molar-refractivity contribution in [3.8, 4) is 0 Å². The topological polar surface area (TPSA) is 51.8 Å². The first-order chi connectivity index (χ1) is 11.4. The predicted molar refractivity (Wildman–Crippen MR) is 84.4 cm³/mol. The number of rotatable bonds is 0. The molecule has 4 heteroatoms. The first-order valence-corrected chi connectivity index (χ1v) is 7.65. The number of pyridine rings is 1. The Bertz CT molecular complexity index is 967. The number of hydrogen-bond acceptors (Lipinski definition) is 4. The van der Waals surface area contributed by atoms with Crippen molar-refractivity contribution in [3.05, 3.63) is 89.2 Å². The molecule has 4 nitrogen and oxygen atoms in total. The Morgan fingerprint density at radius 2 is 1.57 bits per heavy atom. The van der Waals surface area contributed by atoms with Gasteiger partial charge in [0.25, 0.3) is 0 Å². The van der Waals surface area contributed by atoms with Gasteiger partial charge in [-0.25, -0.2) is 9.97 Å². The minimum Gasteiger partial charge on any atom is -0.471 e. The van der Waals surface area contributed by atoms with Crippen LogP contribution in [-0.2, 0) is 0 Å². The van der Waals surface area contributed by atoms with Gasteiger partial charge in [-0.3, -0.25) is 4.98 Å². The number of fused-ring (bicyclic) bond motifs is 1. The highest BCUT2D eigenvalue weighted by Crippen LogP contribution is 2.55. The lowest BCUT2D eigenvalue weighted by atomic mass is 9.63. The molecule has 4 aromatic rings. The molecule has 0 radical (unpaired) electrons. The molecular formula is C19H11N3O. The van der Waals surface area contributed by atoms with Crippen LogP contribution in [0.2, 0.25) is 0 Å². The van der Waals surface area contributed by atoms with Gasteiger partial charge >= 0.3 is 0 Å². The number of benzene rings is 1. The van der Waals surface area contributed by atoms with Crippen LogP contribution in [0.15, 0.2) is 60.1 Å². The Labute approximate surface area is 131 Å². The van der Waals surface area contributed by atoms with E-state index in [4.69, 9.17) is 4.42 Å². The molecule has 0 N–H and O–H groups in total. The second kappa shape index (κ2) is 3.84. The molecule has 3 aliphatic carbocycles. The molecule has 0 spiro atoms. The van der Waals surface area contributed by atoms with Crippen LogP contribution >= 0.6 is 0 Å². The van der Waals surface area contributed by atoms with E-state index in [2.05, 4.69) is 33.2 Å². The highest BCUT2D eigenvalue weighted by Gasteiger charge is 2.42. The third kappa shape index (κ3) is 1.30. The Kier molecular flexibility index (Phi) is 1.93. The predicted octanol–water partition coefficient (Wildman–Crippen LogP) is 3.61. The van der Waals surface area contributed by atoms with Crippen LogP contribution < -0.4 is 0 Å². The summed E-state index contributed by atoms with van der Waals surface area (Å²) in [5.74, 6) is 0.319. The summed E-state index contributed by atoms with van der Waals surface area (Å²) in [6, 6.07) is 6.62. The van der Waals surface area contributed by atoms with E-state index in [1.165, 1.54) is 27.8 Å². The Hall–Kier alpha value is -3.01. The summed E-state index contributed by atoms with van der Waals surface area (Å²) in [4.78, 5) is 13.2. The van der Waals surface area contributed by atoms with Gasteiger partial charge in [0.15, 0.2) is 0 Å². The van der Waals surface area contributed by atoms with E-state index in [1.54, 1.807) is 6.33 Å². The second-order valence-corrected chi connectivity index (χ2v) is 6.22. The van der Waals surface area contributed by atoms with E-state index >= 15 is 0 Å². The van der Waals surface area contributed by atoms with Crippen molar-refractivity contribution in [3.63, 3.8) is 0 Å². The molecule has 0 fully saturated rings. The molecule has 23 heavy (non-hydrogen) atoms. The smallest absolute Gasteiger partial charge is 0.115 e. The molecule has 3 aliphatic rings. The third-order valence-corrected chi connectivity index (χ3v) is 5.17. The molecule has 0 amide bonds. The van der Waals surface area contributed by atoms with Gasteiger partial charge in [0.2, 0.25) is 0 Å². The molecule has 2 atom stereocenters. The number of nitrogens with zero attached hydrogens (tertiary/aromatic N) is 3. The van der Waals surface area contributed by atoms with E-state index in [-0.39, 0.29) is 11.8 Å². The van der Waals surface area contributed by atoms with Gasteiger partial charge in [0.1, 0.15) is 6.33 Å².